The van der Waals surface area contributed by atoms with Gasteiger partial charge in [0, 0.05) is 0 Å². The second-order valence-corrected chi connectivity index (χ2v) is 3.06. The maximum absolute atomic E-state index is 10.8. The zero-order valence-corrected chi connectivity index (χ0v) is 7.51. The number of rotatable bonds is 2. The number of nitrogens with zero attached hydrogens (tertiary/aromatic N) is 3. The van der Waals surface area contributed by atoms with Crippen LogP contribution in [0.1, 0.15) is 18.4 Å². The van der Waals surface area contributed by atoms with Gasteiger partial charge in [0.2, 0.25) is 0 Å². The van der Waals surface area contributed by atoms with Gasteiger partial charge in [-0.15, -0.1) is 10.2 Å². The first kappa shape index (κ1) is 8.68. The summed E-state index contributed by atoms with van der Waals surface area (Å²) in [6.07, 6.45) is 0. The topological polar surface area (TPSA) is 76.1 Å². The van der Waals surface area contributed by atoms with E-state index in [0.29, 0.717) is 16.3 Å². The average Bonchev–Trinajstić information content (AvgIpc) is 2.63. The molecule has 1 atom stereocenters. The Balaban J connectivity index is 2.63. The van der Waals surface area contributed by atoms with Crippen molar-refractivity contribution in [1.82, 2.24) is 5.53 Å². The molecule has 1 aliphatic heterocycles. The van der Waals surface area contributed by atoms with E-state index >= 15 is 0 Å². The van der Waals surface area contributed by atoms with Crippen molar-refractivity contribution in [3.8, 4) is 0 Å². The molecule has 0 saturated carbocycles. The van der Waals surface area contributed by atoms with E-state index in [9.17, 15) is 4.79 Å². The van der Waals surface area contributed by atoms with E-state index in [4.69, 9.17) is 5.11 Å². The number of benzene rings is 1. The summed E-state index contributed by atoms with van der Waals surface area (Å²) in [6, 6.07) is 5.25. The molecule has 1 heterocycles. The molecule has 0 fully saturated rings. The van der Waals surface area contributed by atoms with Crippen LogP contribution < -0.4 is 16.2 Å². The molecule has 0 amide bonds. The van der Waals surface area contributed by atoms with Gasteiger partial charge in [0.05, 0.1) is 5.92 Å². The molecule has 1 radical (unpaired) electrons. The van der Waals surface area contributed by atoms with Crippen molar-refractivity contribution in [3.63, 3.8) is 0 Å². The third kappa shape index (κ3) is 1.22. The van der Waals surface area contributed by atoms with E-state index in [1.54, 1.807) is 25.1 Å². The first-order valence-corrected chi connectivity index (χ1v) is 4.17. The van der Waals surface area contributed by atoms with Gasteiger partial charge in [-0.05, 0) is 24.1 Å². The fraction of sp³-hybridized carbons (Fsp3) is 0.222. The largest absolute Gasteiger partial charge is 0.481 e. The zero-order chi connectivity index (χ0) is 10.1. The summed E-state index contributed by atoms with van der Waals surface area (Å²) in [5.74, 6) is -1.46. The minimum absolute atomic E-state index is 0.572. The molecule has 1 aliphatic rings. The lowest BCUT2D eigenvalue weighted by molar-refractivity contribution is -0.138. The molecular formula is C9H8N3O2. The smallest absolute Gasteiger partial charge is 0.310 e. The van der Waals surface area contributed by atoms with Crippen molar-refractivity contribution < 1.29 is 9.90 Å². The summed E-state index contributed by atoms with van der Waals surface area (Å²) in [5.41, 5.74) is 4.16. The quantitative estimate of drug-likeness (QED) is 0.686. The summed E-state index contributed by atoms with van der Waals surface area (Å²) < 4.78 is 0. The fourth-order valence-electron chi connectivity index (χ4n) is 1.34. The Morgan fingerprint density at radius 3 is 2.93 bits per heavy atom. The van der Waals surface area contributed by atoms with Crippen LogP contribution in [0.3, 0.4) is 0 Å². The Morgan fingerprint density at radius 1 is 1.43 bits per heavy atom. The van der Waals surface area contributed by atoms with Gasteiger partial charge >= 0.3 is 5.97 Å². The maximum Gasteiger partial charge on any atom is 0.310 e. The molecule has 0 aromatic heterocycles. The molecule has 1 N–H and O–H groups in total. The van der Waals surface area contributed by atoms with Gasteiger partial charge in [-0.2, -0.15) is 0 Å². The highest BCUT2D eigenvalue weighted by atomic mass is 16.4. The summed E-state index contributed by atoms with van der Waals surface area (Å²) in [5, 5.41) is 17.6. The lowest BCUT2D eigenvalue weighted by Crippen LogP contribution is -2.28. The second-order valence-electron chi connectivity index (χ2n) is 3.06. The second kappa shape index (κ2) is 3.10. The summed E-state index contributed by atoms with van der Waals surface area (Å²) in [7, 11) is 0. The van der Waals surface area contributed by atoms with E-state index in [-0.39, 0.29) is 0 Å². The Labute approximate surface area is 79.8 Å². The van der Waals surface area contributed by atoms with Gasteiger partial charge < -0.3 is 5.11 Å². The Hall–Kier alpha value is -1.91. The van der Waals surface area contributed by atoms with E-state index in [1.165, 1.54) is 0 Å². The third-order valence-corrected chi connectivity index (χ3v) is 2.18. The number of carboxylic acid groups (broad SMARTS) is 1. The predicted molar refractivity (Wildman–Crippen MR) is 46.9 cm³/mol. The van der Waals surface area contributed by atoms with Gasteiger partial charge in [-0.3, -0.25) is 4.79 Å². The van der Waals surface area contributed by atoms with Crippen LogP contribution in [-0.2, 0) is 4.79 Å². The average molecular weight is 190 g/mol. The third-order valence-electron chi connectivity index (χ3n) is 2.18. The van der Waals surface area contributed by atoms with Crippen LogP contribution in [0.15, 0.2) is 28.4 Å². The fourth-order valence-corrected chi connectivity index (χ4v) is 1.34. The predicted octanol–water partition coefficient (Wildman–Crippen LogP) is -0.438. The molecule has 2 rings (SSSR count). The molecule has 0 aliphatic carbocycles. The molecule has 0 spiro atoms. The van der Waals surface area contributed by atoms with Crippen molar-refractivity contribution in [3.05, 3.63) is 34.5 Å². The molecule has 1 unspecified atom stereocenters. The molecule has 5 nitrogen and oxygen atoms in total. The minimum atomic E-state index is -0.875. The van der Waals surface area contributed by atoms with Crippen LogP contribution >= 0.6 is 0 Å². The Bertz CT molecular complexity index is 495. The highest BCUT2D eigenvalue weighted by molar-refractivity contribution is 5.75. The van der Waals surface area contributed by atoms with Gasteiger partial charge in [0.25, 0.3) is 0 Å². The molecule has 1 aromatic rings. The maximum atomic E-state index is 10.8. The van der Waals surface area contributed by atoms with Crippen LogP contribution in [0, 0.1) is 0 Å². The lowest BCUT2D eigenvalue weighted by Gasteiger charge is -2.04. The van der Waals surface area contributed by atoms with Crippen molar-refractivity contribution in [2.24, 2.45) is 10.2 Å². The van der Waals surface area contributed by atoms with E-state index < -0.39 is 11.9 Å². The van der Waals surface area contributed by atoms with Crippen LogP contribution in [-0.4, -0.2) is 11.1 Å². The van der Waals surface area contributed by atoms with Crippen molar-refractivity contribution in [1.29, 1.82) is 0 Å². The Morgan fingerprint density at radius 2 is 2.21 bits per heavy atom. The molecule has 71 valence electrons. The summed E-state index contributed by atoms with van der Waals surface area (Å²) in [6.45, 7) is 1.62. The van der Waals surface area contributed by atoms with Crippen molar-refractivity contribution >= 4 is 5.97 Å². The molecule has 1 aromatic carbocycles. The van der Waals surface area contributed by atoms with Gasteiger partial charge in [-0.1, -0.05) is 12.1 Å². The lowest BCUT2D eigenvalue weighted by atomic mass is 10.0. The van der Waals surface area contributed by atoms with Crippen molar-refractivity contribution in [2.45, 2.75) is 12.8 Å². The van der Waals surface area contributed by atoms with Crippen LogP contribution in [0.4, 0.5) is 0 Å². The molecule has 5 heteroatoms. The van der Waals surface area contributed by atoms with Gasteiger partial charge in [0.1, 0.15) is 10.7 Å². The zero-order valence-electron chi connectivity index (χ0n) is 7.51. The highest BCUT2D eigenvalue weighted by Crippen LogP contribution is 2.09. The Kier molecular flexibility index (Phi) is 1.92. The standard InChI is InChI=1S/C9H8N3O2/c1-5(9(13)14)6-3-2-4-7-8(6)11-12-10-7/h2-5H,1H3,(H,13,14). The van der Waals surface area contributed by atoms with Gasteiger partial charge in [0.15, 0.2) is 0 Å². The number of carboxylic acids is 1. The SMILES string of the molecule is CC(C(=O)O)c1cccc2c1=N[N]N=2. The number of fused-ring (bicyclic) bond motifs is 1. The van der Waals surface area contributed by atoms with Crippen LogP contribution in [0.25, 0.3) is 0 Å². The van der Waals surface area contributed by atoms with Crippen molar-refractivity contribution in [2.75, 3.05) is 0 Å². The van der Waals surface area contributed by atoms with E-state index in [1.807, 2.05) is 0 Å². The molecule has 0 bridgehead atoms. The minimum Gasteiger partial charge on any atom is -0.481 e. The molecule has 14 heavy (non-hydrogen) atoms. The van der Waals surface area contributed by atoms with E-state index in [2.05, 4.69) is 15.7 Å². The highest BCUT2D eigenvalue weighted by Gasteiger charge is 2.17. The van der Waals surface area contributed by atoms with E-state index in [0.717, 1.165) is 0 Å². The monoisotopic (exact) mass is 190 g/mol. The van der Waals surface area contributed by atoms with Gasteiger partial charge in [-0.25, -0.2) is 0 Å². The number of aliphatic carboxylic acids is 1. The van der Waals surface area contributed by atoms with Crippen LogP contribution in [0.2, 0.25) is 0 Å². The first-order valence-electron chi connectivity index (χ1n) is 4.17. The van der Waals surface area contributed by atoms with Crippen LogP contribution in [0.5, 0.6) is 0 Å². The summed E-state index contributed by atoms with van der Waals surface area (Å²) >= 11 is 0. The first-order chi connectivity index (χ1) is 6.70. The number of hydrogen-bond donors (Lipinski definition) is 1. The molecule has 0 saturated heterocycles. The molecular weight excluding hydrogens is 182 g/mol. The number of hydrogen-bond acceptors (Lipinski definition) is 3. The summed E-state index contributed by atoms with van der Waals surface area (Å²) in [4.78, 5) is 10.8. The normalized spacial score (nSPS) is 14.6. The number of carbonyl (C=O) groups is 1.